The summed E-state index contributed by atoms with van der Waals surface area (Å²) in [6, 6.07) is 10.6. The van der Waals surface area contributed by atoms with Crippen molar-refractivity contribution >= 4 is 27.1 Å². The number of nitrogens with one attached hydrogen (secondary N) is 1. The molecule has 1 unspecified atom stereocenters. The molecule has 8 heteroatoms. The largest absolute Gasteiger partial charge is 0.308 e. The molecule has 166 valence electrons. The summed E-state index contributed by atoms with van der Waals surface area (Å²) in [6.45, 7) is 11.5. The Balaban J connectivity index is 2.01. The Morgan fingerprint density at radius 2 is 1.63 bits per heavy atom. The molecule has 0 radical (unpaired) electrons. The zero-order chi connectivity index (χ0) is 22.1. The van der Waals surface area contributed by atoms with Crippen LogP contribution >= 0.6 is 11.3 Å². The van der Waals surface area contributed by atoms with Crippen molar-refractivity contribution in [1.82, 2.24) is 14.5 Å². The first-order valence-electron chi connectivity index (χ1n) is 10.5. The lowest BCUT2D eigenvalue weighted by Gasteiger charge is -2.29. The molecule has 1 atom stereocenters. The molecule has 0 fully saturated rings. The average Bonchev–Trinajstić information content (AvgIpc) is 3.28. The Bertz CT molecular complexity index is 873. The molecule has 1 aromatic heterocycles. The molecule has 0 aliphatic heterocycles. The van der Waals surface area contributed by atoms with E-state index in [9.17, 15) is 13.2 Å². The first-order chi connectivity index (χ1) is 14.4. The lowest BCUT2D eigenvalue weighted by molar-refractivity contribution is 0.0987. The number of thiophene rings is 1. The highest BCUT2D eigenvalue weighted by Crippen LogP contribution is 2.24. The topological polar surface area (TPSA) is 69.7 Å². The smallest absolute Gasteiger partial charge is 0.243 e. The van der Waals surface area contributed by atoms with Crippen LogP contribution in [-0.2, 0) is 10.0 Å². The number of benzene rings is 1. The average molecular weight is 452 g/mol. The van der Waals surface area contributed by atoms with E-state index in [0.717, 1.165) is 13.1 Å². The van der Waals surface area contributed by atoms with Crippen molar-refractivity contribution < 1.29 is 13.2 Å². The fourth-order valence-electron chi connectivity index (χ4n) is 3.50. The van der Waals surface area contributed by atoms with Crippen LogP contribution in [-0.4, -0.2) is 62.7 Å². The maximum absolute atomic E-state index is 12.6. The van der Waals surface area contributed by atoms with Crippen molar-refractivity contribution in [3.63, 3.8) is 0 Å². The lowest BCUT2D eigenvalue weighted by Crippen LogP contribution is -2.37. The monoisotopic (exact) mass is 451 g/mol. The van der Waals surface area contributed by atoms with Gasteiger partial charge in [-0.2, -0.15) is 4.31 Å². The van der Waals surface area contributed by atoms with Gasteiger partial charge in [-0.15, -0.1) is 11.3 Å². The van der Waals surface area contributed by atoms with E-state index in [4.69, 9.17) is 0 Å². The fourth-order valence-corrected chi connectivity index (χ4v) is 5.82. The highest BCUT2D eigenvalue weighted by atomic mass is 32.2. The molecule has 2 aromatic rings. The second kappa shape index (κ2) is 11.7. The molecule has 1 heterocycles. The third kappa shape index (κ3) is 5.98. The van der Waals surface area contributed by atoms with E-state index in [1.54, 1.807) is 23.5 Å². The molecule has 1 aromatic carbocycles. The molecule has 0 saturated heterocycles. The Labute approximate surface area is 184 Å². The number of hydrogen-bond donors (Lipinski definition) is 1. The fraction of sp³-hybridized carbons (Fsp3) is 0.500. The summed E-state index contributed by atoms with van der Waals surface area (Å²) < 4.78 is 26.6. The summed E-state index contributed by atoms with van der Waals surface area (Å²) in [6.07, 6.45) is 0. The summed E-state index contributed by atoms with van der Waals surface area (Å²) in [7, 11) is -3.51. The van der Waals surface area contributed by atoms with Crippen molar-refractivity contribution in [2.75, 3.05) is 39.3 Å². The molecule has 2 rings (SSSR count). The van der Waals surface area contributed by atoms with E-state index in [0.29, 0.717) is 25.2 Å². The third-order valence-electron chi connectivity index (χ3n) is 5.27. The molecule has 0 saturated carbocycles. The zero-order valence-electron chi connectivity index (χ0n) is 18.3. The van der Waals surface area contributed by atoms with Gasteiger partial charge in [0.25, 0.3) is 0 Å². The van der Waals surface area contributed by atoms with Crippen molar-refractivity contribution in [3.05, 3.63) is 52.2 Å². The van der Waals surface area contributed by atoms with Gasteiger partial charge < -0.3 is 5.32 Å². The van der Waals surface area contributed by atoms with Gasteiger partial charge in [0, 0.05) is 30.1 Å². The standard InChI is InChI=1S/C22H33N3O3S2/c1-5-24(6-2)20(22-10-9-15-29-22)16-23-17-21(26)18-11-13-19(14-12-18)30(27,28)25(7-3)8-4/h9-15,20,23H,5-8,16-17H2,1-4H3. The molecule has 0 amide bonds. The van der Waals surface area contributed by atoms with Crippen molar-refractivity contribution in [3.8, 4) is 0 Å². The van der Waals surface area contributed by atoms with Crippen LogP contribution in [0.4, 0.5) is 0 Å². The Hall–Kier alpha value is -1.58. The van der Waals surface area contributed by atoms with Crippen LogP contribution in [0.2, 0.25) is 0 Å². The van der Waals surface area contributed by atoms with Gasteiger partial charge in [0.15, 0.2) is 5.78 Å². The maximum Gasteiger partial charge on any atom is 0.243 e. The van der Waals surface area contributed by atoms with Crippen LogP contribution in [0.5, 0.6) is 0 Å². The maximum atomic E-state index is 12.6. The number of carbonyl (C=O) groups excluding carboxylic acids is 1. The van der Waals surface area contributed by atoms with Gasteiger partial charge in [-0.05, 0) is 36.7 Å². The highest BCUT2D eigenvalue weighted by Gasteiger charge is 2.22. The van der Waals surface area contributed by atoms with Crippen LogP contribution in [0.15, 0.2) is 46.7 Å². The lowest BCUT2D eigenvalue weighted by atomic mass is 10.1. The molecule has 0 aliphatic carbocycles. The van der Waals surface area contributed by atoms with Gasteiger partial charge in [0.2, 0.25) is 10.0 Å². The van der Waals surface area contributed by atoms with Crippen molar-refractivity contribution in [2.45, 2.75) is 38.6 Å². The number of sulfonamides is 1. The van der Waals surface area contributed by atoms with E-state index in [1.165, 1.54) is 21.3 Å². The Morgan fingerprint density at radius 3 is 2.13 bits per heavy atom. The quantitative estimate of drug-likeness (QED) is 0.471. The number of Topliss-reactive ketones (excluding diaryl/α,β-unsaturated/α-hetero) is 1. The number of rotatable bonds is 13. The van der Waals surface area contributed by atoms with Gasteiger partial charge in [0.05, 0.1) is 17.5 Å². The number of nitrogens with zero attached hydrogens (tertiary/aromatic N) is 2. The van der Waals surface area contributed by atoms with Gasteiger partial charge >= 0.3 is 0 Å². The predicted octanol–water partition coefficient (Wildman–Crippen LogP) is 3.63. The number of hydrogen-bond acceptors (Lipinski definition) is 6. The first-order valence-corrected chi connectivity index (χ1v) is 12.8. The van der Waals surface area contributed by atoms with E-state index in [-0.39, 0.29) is 23.3 Å². The van der Waals surface area contributed by atoms with Gasteiger partial charge in [-0.25, -0.2) is 8.42 Å². The summed E-state index contributed by atoms with van der Waals surface area (Å²) in [5, 5.41) is 5.37. The number of likely N-dealkylation sites (N-methyl/N-ethyl adjacent to an activating group) is 1. The summed E-state index contributed by atoms with van der Waals surface area (Å²) in [4.78, 5) is 16.5. The van der Waals surface area contributed by atoms with Crippen molar-refractivity contribution in [2.24, 2.45) is 0 Å². The molecule has 0 aliphatic rings. The Kier molecular flexibility index (Phi) is 9.64. The highest BCUT2D eigenvalue weighted by molar-refractivity contribution is 7.89. The third-order valence-corrected chi connectivity index (χ3v) is 8.31. The second-order valence-electron chi connectivity index (χ2n) is 6.92. The van der Waals surface area contributed by atoms with Crippen molar-refractivity contribution in [1.29, 1.82) is 0 Å². The minimum absolute atomic E-state index is 0.0498. The molecular formula is C22H33N3O3S2. The number of carbonyl (C=O) groups is 1. The SMILES string of the molecule is CCN(CC)C(CNCC(=O)c1ccc(S(=O)(=O)N(CC)CC)cc1)c1cccs1. The minimum atomic E-state index is -3.51. The minimum Gasteiger partial charge on any atom is -0.308 e. The van der Waals surface area contributed by atoms with Gasteiger partial charge in [-0.1, -0.05) is 45.9 Å². The molecule has 6 nitrogen and oxygen atoms in total. The van der Waals surface area contributed by atoms with E-state index in [2.05, 4.69) is 41.6 Å². The molecule has 30 heavy (non-hydrogen) atoms. The van der Waals surface area contributed by atoms with Crippen LogP contribution in [0.3, 0.4) is 0 Å². The van der Waals surface area contributed by atoms with Gasteiger partial charge in [0.1, 0.15) is 0 Å². The van der Waals surface area contributed by atoms with E-state index >= 15 is 0 Å². The van der Waals surface area contributed by atoms with Crippen LogP contribution in [0, 0.1) is 0 Å². The summed E-state index contributed by atoms with van der Waals surface area (Å²) in [5.74, 6) is -0.0498. The normalized spacial score (nSPS) is 13.1. The van der Waals surface area contributed by atoms with Crippen LogP contribution in [0.1, 0.15) is 49.0 Å². The van der Waals surface area contributed by atoms with E-state index < -0.39 is 10.0 Å². The van der Waals surface area contributed by atoms with Gasteiger partial charge in [-0.3, -0.25) is 9.69 Å². The summed E-state index contributed by atoms with van der Waals surface area (Å²) >= 11 is 1.73. The molecule has 1 N–H and O–H groups in total. The zero-order valence-corrected chi connectivity index (χ0v) is 19.9. The van der Waals surface area contributed by atoms with Crippen LogP contribution in [0.25, 0.3) is 0 Å². The second-order valence-corrected chi connectivity index (χ2v) is 9.84. The first kappa shape index (κ1) is 24.7. The van der Waals surface area contributed by atoms with Crippen LogP contribution < -0.4 is 5.32 Å². The molecule has 0 bridgehead atoms. The molecular weight excluding hydrogens is 418 g/mol. The van der Waals surface area contributed by atoms with E-state index in [1.807, 2.05) is 13.8 Å². The number of ketones is 1. The summed E-state index contributed by atoms with van der Waals surface area (Å²) in [5.41, 5.74) is 0.511. The Morgan fingerprint density at radius 1 is 1.00 bits per heavy atom. The predicted molar refractivity (Wildman–Crippen MR) is 124 cm³/mol. The molecule has 0 spiro atoms.